The molecule has 0 bridgehead atoms. The van der Waals surface area contributed by atoms with E-state index in [9.17, 15) is 8.42 Å². The quantitative estimate of drug-likeness (QED) is 0.852. The van der Waals surface area contributed by atoms with Crippen molar-refractivity contribution in [3.8, 4) is 6.07 Å². The molecule has 0 aliphatic heterocycles. The Balaban J connectivity index is 2.36. The maximum absolute atomic E-state index is 12.2. The van der Waals surface area contributed by atoms with E-state index in [4.69, 9.17) is 22.6 Å². The lowest BCUT2D eigenvalue weighted by Crippen LogP contribution is -2.14. The van der Waals surface area contributed by atoms with Crippen molar-refractivity contribution in [1.29, 1.82) is 5.26 Å². The topological polar surface area (TPSA) is 96.0 Å². The van der Waals surface area contributed by atoms with E-state index in [0.717, 1.165) is 0 Å². The molecule has 0 radical (unpaired) electrons. The first-order valence-electron chi connectivity index (χ1n) is 5.50. The molecule has 102 valence electrons. The predicted octanol–water partition coefficient (Wildman–Crippen LogP) is 2.59. The van der Waals surface area contributed by atoms with Crippen LogP contribution in [0.4, 0.5) is 11.4 Å². The SMILES string of the molecule is N#Cc1ccc(NS(=O)(=O)c2cccc(Cl)c2)c(N)c1. The zero-order valence-electron chi connectivity index (χ0n) is 10.2. The van der Waals surface area contributed by atoms with Crippen LogP contribution in [0.2, 0.25) is 5.02 Å². The summed E-state index contributed by atoms with van der Waals surface area (Å²) in [5.74, 6) is 0. The Morgan fingerprint density at radius 3 is 2.55 bits per heavy atom. The summed E-state index contributed by atoms with van der Waals surface area (Å²) in [5, 5.41) is 9.06. The monoisotopic (exact) mass is 307 g/mol. The van der Waals surface area contributed by atoms with Crippen molar-refractivity contribution in [1.82, 2.24) is 0 Å². The van der Waals surface area contributed by atoms with Crippen LogP contribution in [0.3, 0.4) is 0 Å². The number of halogens is 1. The number of rotatable bonds is 3. The third-order valence-corrected chi connectivity index (χ3v) is 4.13. The highest BCUT2D eigenvalue weighted by molar-refractivity contribution is 7.92. The van der Waals surface area contributed by atoms with E-state index < -0.39 is 10.0 Å². The van der Waals surface area contributed by atoms with E-state index >= 15 is 0 Å². The fraction of sp³-hybridized carbons (Fsp3) is 0. The Morgan fingerprint density at radius 1 is 1.20 bits per heavy atom. The lowest BCUT2D eigenvalue weighted by atomic mass is 10.2. The molecule has 0 aliphatic carbocycles. The Labute approximate surface area is 121 Å². The van der Waals surface area contributed by atoms with Crippen LogP contribution in [0.5, 0.6) is 0 Å². The zero-order valence-corrected chi connectivity index (χ0v) is 11.7. The van der Waals surface area contributed by atoms with Crippen LogP contribution in [-0.2, 0) is 10.0 Å². The number of nitrogen functional groups attached to an aromatic ring is 1. The largest absolute Gasteiger partial charge is 0.397 e. The number of sulfonamides is 1. The molecule has 5 nitrogen and oxygen atoms in total. The number of hydrogen-bond acceptors (Lipinski definition) is 4. The van der Waals surface area contributed by atoms with Gasteiger partial charge in [-0.2, -0.15) is 5.26 Å². The summed E-state index contributed by atoms with van der Waals surface area (Å²) in [4.78, 5) is 0.0359. The highest BCUT2D eigenvalue weighted by Crippen LogP contribution is 2.24. The van der Waals surface area contributed by atoms with E-state index in [0.29, 0.717) is 10.6 Å². The minimum Gasteiger partial charge on any atom is -0.397 e. The number of nitrogens with one attached hydrogen (secondary N) is 1. The van der Waals surface area contributed by atoms with Crippen LogP contribution >= 0.6 is 11.6 Å². The Kier molecular flexibility index (Phi) is 3.84. The van der Waals surface area contributed by atoms with Gasteiger partial charge >= 0.3 is 0 Å². The smallest absolute Gasteiger partial charge is 0.262 e. The van der Waals surface area contributed by atoms with Crippen LogP contribution in [0, 0.1) is 11.3 Å². The van der Waals surface area contributed by atoms with Crippen LogP contribution in [0.15, 0.2) is 47.4 Å². The summed E-state index contributed by atoms with van der Waals surface area (Å²) in [6.07, 6.45) is 0. The summed E-state index contributed by atoms with van der Waals surface area (Å²) in [7, 11) is -3.78. The van der Waals surface area contributed by atoms with E-state index in [2.05, 4.69) is 4.72 Å². The fourth-order valence-electron chi connectivity index (χ4n) is 1.56. The summed E-state index contributed by atoms with van der Waals surface area (Å²) < 4.78 is 26.7. The molecule has 2 aromatic rings. The second-order valence-corrected chi connectivity index (χ2v) is 6.10. The Bertz CT molecular complexity index is 798. The average molecular weight is 308 g/mol. The highest BCUT2D eigenvalue weighted by Gasteiger charge is 2.15. The van der Waals surface area contributed by atoms with Gasteiger partial charge in [0.1, 0.15) is 0 Å². The molecule has 0 saturated heterocycles. The standard InChI is InChI=1S/C13H10ClN3O2S/c14-10-2-1-3-11(7-10)20(18,19)17-13-5-4-9(8-15)6-12(13)16/h1-7,17H,16H2. The molecule has 0 aromatic heterocycles. The van der Waals surface area contributed by atoms with E-state index in [-0.39, 0.29) is 16.3 Å². The molecule has 2 rings (SSSR count). The second kappa shape index (κ2) is 5.41. The van der Waals surface area contributed by atoms with Crippen LogP contribution in [0.1, 0.15) is 5.56 Å². The summed E-state index contributed by atoms with van der Waals surface area (Å²) >= 11 is 5.77. The molecule has 0 fully saturated rings. The molecule has 0 atom stereocenters. The van der Waals surface area contributed by atoms with Gasteiger partial charge in [-0.05, 0) is 36.4 Å². The van der Waals surface area contributed by atoms with Gasteiger partial charge in [-0.15, -0.1) is 0 Å². The minimum atomic E-state index is -3.78. The molecule has 2 aromatic carbocycles. The van der Waals surface area contributed by atoms with Gasteiger partial charge in [0.15, 0.2) is 0 Å². The average Bonchev–Trinajstić information content (AvgIpc) is 2.41. The van der Waals surface area contributed by atoms with Gasteiger partial charge in [-0.25, -0.2) is 8.42 Å². The number of anilines is 2. The number of nitriles is 1. The first-order chi connectivity index (χ1) is 9.42. The van der Waals surface area contributed by atoms with Crippen LogP contribution < -0.4 is 10.5 Å². The van der Waals surface area contributed by atoms with Crippen molar-refractivity contribution < 1.29 is 8.42 Å². The molecule has 7 heteroatoms. The first kappa shape index (κ1) is 14.2. The maximum atomic E-state index is 12.2. The van der Waals surface area contributed by atoms with Gasteiger partial charge in [0.05, 0.1) is 27.9 Å². The number of nitrogens with two attached hydrogens (primary N) is 1. The number of benzene rings is 2. The van der Waals surface area contributed by atoms with E-state index in [1.807, 2.05) is 6.07 Å². The molecular formula is C13H10ClN3O2S. The molecule has 0 spiro atoms. The predicted molar refractivity (Wildman–Crippen MR) is 77.8 cm³/mol. The molecule has 0 saturated carbocycles. The summed E-state index contributed by atoms with van der Waals surface area (Å²) in [6.45, 7) is 0. The van der Waals surface area contributed by atoms with Gasteiger partial charge in [-0.1, -0.05) is 17.7 Å². The van der Waals surface area contributed by atoms with Gasteiger partial charge in [0.25, 0.3) is 10.0 Å². The van der Waals surface area contributed by atoms with Crippen molar-refractivity contribution >= 4 is 33.0 Å². The maximum Gasteiger partial charge on any atom is 0.262 e. The van der Waals surface area contributed by atoms with Crippen LogP contribution in [0.25, 0.3) is 0 Å². The third-order valence-electron chi connectivity index (χ3n) is 2.53. The van der Waals surface area contributed by atoms with Crippen molar-refractivity contribution in [3.05, 3.63) is 53.1 Å². The van der Waals surface area contributed by atoms with Gasteiger partial charge in [0.2, 0.25) is 0 Å². The van der Waals surface area contributed by atoms with Crippen molar-refractivity contribution in [2.24, 2.45) is 0 Å². The molecule has 20 heavy (non-hydrogen) atoms. The second-order valence-electron chi connectivity index (χ2n) is 3.98. The molecule has 0 amide bonds. The van der Waals surface area contributed by atoms with Crippen molar-refractivity contribution in [3.63, 3.8) is 0 Å². The van der Waals surface area contributed by atoms with Crippen LogP contribution in [-0.4, -0.2) is 8.42 Å². The molecule has 0 unspecified atom stereocenters. The molecular weight excluding hydrogens is 298 g/mol. The lowest BCUT2D eigenvalue weighted by Gasteiger charge is -2.10. The molecule has 0 aliphatic rings. The van der Waals surface area contributed by atoms with Gasteiger partial charge in [0, 0.05) is 5.02 Å². The molecule has 3 N–H and O–H groups in total. The van der Waals surface area contributed by atoms with Gasteiger partial charge < -0.3 is 5.73 Å². The Morgan fingerprint density at radius 2 is 1.95 bits per heavy atom. The zero-order chi connectivity index (χ0) is 14.8. The number of hydrogen-bond donors (Lipinski definition) is 2. The normalized spacial score (nSPS) is 10.8. The summed E-state index contributed by atoms with van der Waals surface area (Å²) in [6, 6.07) is 12.1. The highest BCUT2D eigenvalue weighted by atomic mass is 35.5. The van der Waals surface area contributed by atoms with Crippen molar-refractivity contribution in [2.75, 3.05) is 10.5 Å². The third kappa shape index (κ3) is 3.02. The fourth-order valence-corrected chi connectivity index (χ4v) is 2.95. The summed E-state index contributed by atoms with van der Waals surface area (Å²) in [5.41, 5.74) is 6.45. The molecule has 0 heterocycles. The van der Waals surface area contributed by atoms with E-state index in [1.54, 1.807) is 12.1 Å². The first-order valence-corrected chi connectivity index (χ1v) is 7.36. The Hall–Kier alpha value is -2.23. The van der Waals surface area contributed by atoms with Gasteiger partial charge in [-0.3, -0.25) is 4.72 Å². The van der Waals surface area contributed by atoms with E-state index in [1.165, 1.54) is 30.3 Å². The van der Waals surface area contributed by atoms with Crippen molar-refractivity contribution in [2.45, 2.75) is 4.90 Å². The lowest BCUT2D eigenvalue weighted by molar-refractivity contribution is 0.601. The minimum absolute atomic E-state index is 0.0359. The number of nitrogens with zero attached hydrogens (tertiary/aromatic N) is 1.